The first-order valence-electron chi connectivity index (χ1n) is 5.97. The number of rotatable bonds is 5. The number of methoxy groups -OCH3 is 3. The predicted octanol–water partition coefficient (Wildman–Crippen LogP) is 2.12. The molecule has 9 heteroatoms. The van der Waals surface area contributed by atoms with Crippen LogP contribution in [-0.4, -0.2) is 42.3 Å². The van der Waals surface area contributed by atoms with E-state index in [-0.39, 0.29) is 29.3 Å². The van der Waals surface area contributed by atoms with Crippen molar-refractivity contribution >= 4 is 17.6 Å². The fourth-order valence-electron chi connectivity index (χ4n) is 1.51. The van der Waals surface area contributed by atoms with Crippen LogP contribution in [0, 0.1) is 0 Å². The van der Waals surface area contributed by atoms with Gasteiger partial charge in [-0.15, -0.1) is 15.0 Å². The van der Waals surface area contributed by atoms with Crippen molar-refractivity contribution in [3.05, 3.63) is 28.8 Å². The summed E-state index contributed by atoms with van der Waals surface area (Å²) in [6.07, 6.45) is 0. The van der Waals surface area contributed by atoms with E-state index in [1.165, 1.54) is 33.5 Å². The van der Waals surface area contributed by atoms with E-state index in [0.717, 1.165) is 0 Å². The van der Waals surface area contributed by atoms with Crippen molar-refractivity contribution in [2.45, 2.75) is 0 Å². The van der Waals surface area contributed by atoms with Crippen LogP contribution in [0.2, 0.25) is 5.02 Å². The summed E-state index contributed by atoms with van der Waals surface area (Å²) in [5.41, 5.74) is 0.133. The Kier molecular flexibility index (Phi) is 4.95. The Morgan fingerprint density at radius 1 is 1.00 bits per heavy atom. The number of carbonyl (C=O) groups is 1. The first-order chi connectivity index (χ1) is 10.6. The van der Waals surface area contributed by atoms with Gasteiger partial charge in [-0.2, -0.15) is 0 Å². The summed E-state index contributed by atoms with van der Waals surface area (Å²) in [4.78, 5) is 23.4. The minimum atomic E-state index is -0.606. The van der Waals surface area contributed by atoms with Gasteiger partial charge in [-0.25, -0.2) is 4.79 Å². The Hall–Kier alpha value is -2.61. The summed E-state index contributed by atoms with van der Waals surface area (Å²) in [5, 5.41) is 0.360. The van der Waals surface area contributed by atoms with Crippen molar-refractivity contribution in [2.75, 3.05) is 21.3 Å². The molecule has 1 aromatic carbocycles. The zero-order valence-electron chi connectivity index (χ0n) is 12.0. The molecule has 0 aliphatic heterocycles. The Morgan fingerprint density at radius 3 is 2.14 bits per heavy atom. The second-order valence-corrected chi connectivity index (χ2v) is 4.26. The normalized spacial score (nSPS) is 10.0. The van der Waals surface area contributed by atoms with Gasteiger partial charge in [0.2, 0.25) is 0 Å². The van der Waals surface area contributed by atoms with E-state index in [1.54, 1.807) is 6.07 Å². The van der Waals surface area contributed by atoms with Gasteiger partial charge >= 0.3 is 24.0 Å². The average Bonchev–Trinajstić information content (AvgIpc) is 2.55. The van der Waals surface area contributed by atoms with Crippen molar-refractivity contribution in [3.63, 3.8) is 0 Å². The summed E-state index contributed by atoms with van der Waals surface area (Å²) in [6, 6.07) is 4.39. The number of ether oxygens (including phenoxy) is 4. The molecular weight excluding hydrogens is 314 g/mol. The van der Waals surface area contributed by atoms with Crippen LogP contribution in [-0.2, 0) is 4.74 Å². The first-order valence-corrected chi connectivity index (χ1v) is 6.35. The van der Waals surface area contributed by atoms with Crippen LogP contribution in [0.5, 0.6) is 23.8 Å². The van der Waals surface area contributed by atoms with Crippen LogP contribution < -0.4 is 14.2 Å². The van der Waals surface area contributed by atoms with E-state index in [1.807, 2.05) is 0 Å². The second kappa shape index (κ2) is 6.90. The highest BCUT2D eigenvalue weighted by molar-refractivity contribution is 6.31. The molecule has 2 aromatic rings. The third-order valence-electron chi connectivity index (χ3n) is 2.49. The van der Waals surface area contributed by atoms with E-state index in [0.29, 0.717) is 5.02 Å². The summed E-state index contributed by atoms with van der Waals surface area (Å²) >= 11 is 5.87. The third-order valence-corrected chi connectivity index (χ3v) is 2.72. The van der Waals surface area contributed by atoms with Crippen LogP contribution in [0.25, 0.3) is 0 Å². The molecule has 1 aromatic heterocycles. The molecular formula is C13H12ClN3O5. The predicted molar refractivity (Wildman–Crippen MR) is 75.8 cm³/mol. The maximum atomic E-state index is 11.8. The molecule has 0 fully saturated rings. The molecule has 22 heavy (non-hydrogen) atoms. The highest BCUT2D eigenvalue weighted by Crippen LogP contribution is 2.28. The molecule has 0 spiro atoms. The molecule has 8 nitrogen and oxygen atoms in total. The molecule has 0 bridgehead atoms. The summed E-state index contributed by atoms with van der Waals surface area (Å²) in [5.74, 6) is -0.433. The van der Waals surface area contributed by atoms with Gasteiger partial charge in [0.15, 0.2) is 0 Å². The smallest absolute Gasteiger partial charge is 0.341 e. The number of nitrogens with zero attached hydrogens (tertiary/aromatic N) is 3. The monoisotopic (exact) mass is 325 g/mol. The van der Waals surface area contributed by atoms with E-state index >= 15 is 0 Å². The van der Waals surface area contributed by atoms with Crippen molar-refractivity contribution < 1.29 is 23.7 Å². The van der Waals surface area contributed by atoms with Gasteiger partial charge in [0.1, 0.15) is 11.3 Å². The molecule has 0 unspecified atom stereocenters. The lowest BCUT2D eigenvalue weighted by Crippen LogP contribution is -2.06. The van der Waals surface area contributed by atoms with Gasteiger partial charge in [-0.1, -0.05) is 11.6 Å². The number of hydrogen-bond donors (Lipinski definition) is 0. The number of benzene rings is 1. The van der Waals surface area contributed by atoms with E-state index in [9.17, 15) is 4.79 Å². The lowest BCUT2D eigenvalue weighted by atomic mass is 10.2. The van der Waals surface area contributed by atoms with Crippen LogP contribution in [0.1, 0.15) is 10.4 Å². The molecule has 116 valence electrons. The Labute approximate surface area is 131 Å². The van der Waals surface area contributed by atoms with Gasteiger partial charge in [-0.3, -0.25) is 0 Å². The van der Waals surface area contributed by atoms with Crippen LogP contribution >= 0.6 is 11.6 Å². The van der Waals surface area contributed by atoms with Gasteiger partial charge in [0.05, 0.1) is 21.3 Å². The number of carbonyl (C=O) groups excluding carboxylic acids is 1. The highest BCUT2D eigenvalue weighted by Gasteiger charge is 2.17. The zero-order valence-corrected chi connectivity index (χ0v) is 12.7. The van der Waals surface area contributed by atoms with E-state index in [4.69, 9.17) is 25.8 Å². The Bertz CT molecular complexity index is 673. The quantitative estimate of drug-likeness (QED) is 0.772. The molecule has 0 saturated heterocycles. The van der Waals surface area contributed by atoms with Crippen LogP contribution in [0.4, 0.5) is 0 Å². The summed E-state index contributed by atoms with van der Waals surface area (Å²) in [6.45, 7) is 0. The number of halogens is 1. The van der Waals surface area contributed by atoms with Crippen molar-refractivity contribution in [2.24, 2.45) is 0 Å². The average molecular weight is 326 g/mol. The van der Waals surface area contributed by atoms with E-state index < -0.39 is 5.97 Å². The molecule has 0 aliphatic carbocycles. The molecule has 0 aliphatic rings. The van der Waals surface area contributed by atoms with E-state index in [2.05, 4.69) is 19.7 Å². The standard InChI is InChI=1S/C13H12ClN3O5/c1-19-10(18)8-6-7(14)4-5-9(8)22-13-16-11(20-2)15-12(17-13)21-3/h4-6H,1-3H3. The molecule has 2 rings (SSSR count). The largest absolute Gasteiger partial charge is 0.467 e. The maximum Gasteiger partial charge on any atom is 0.341 e. The topological polar surface area (TPSA) is 92.7 Å². The molecule has 0 radical (unpaired) electrons. The first kappa shape index (κ1) is 15.8. The van der Waals surface area contributed by atoms with Gasteiger partial charge in [-0.05, 0) is 18.2 Å². The minimum absolute atomic E-state index is 0.00966. The molecule has 1 heterocycles. The third kappa shape index (κ3) is 3.53. The number of hydrogen-bond acceptors (Lipinski definition) is 8. The highest BCUT2D eigenvalue weighted by atomic mass is 35.5. The lowest BCUT2D eigenvalue weighted by molar-refractivity contribution is 0.0597. The zero-order chi connectivity index (χ0) is 16.1. The number of aromatic nitrogens is 3. The van der Waals surface area contributed by atoms with Gasteiger partial charge in [0, 0.05) is 5.02 Å². The van der Waals surface area contributed by atoms with Gasteiger partial charge < -0.3 is 18.9 Å². The number of esters is 1. The van der Waals surface area contributed by atoms with Gasteiger partial charge in [0.25, 0.3) is 0 Å². The summed E-state index contributed by atoms with van der Waals surface area (Å²) < 4.78 is 20.0. The second-order valence-electron chi connectivity index (χ2n) is 3.83. The fourth-order valence-corrected chi connectivity index (χ4v) is 1.68. The molecule has 0 amide bonds. The van der Waals surface area contributed by atoms with Crippen molar-refractivity contribution in [3.8, 4) is 23.8 Å². The van der Waals surface area contributed by atoms with Crippen LogP contribution in [0.3, 0.4) is 0 Å². The Morgan fingerprint density at radius 2 is 1.59 bits per heavy atom. The summed E-state index contributed by atoms with van der Waals surface area (Å²) in [7, 11) is 4.03. The SMILES string of the molecule is COC(=O)c1cc(Cl)ccc1Oc1nc(OC)nc(OC)n1. The molecule has 0 N–H and O–H groups in total. The minimum Gasteiger partial charge on any atom is -0.467 e. The molecule has 0 saturated carbocycles. The Balaban J connectivity index is 2.40. The van der Waals surface area contributed by atoms with Crippen molar-refractivity contribution in [1.82, 2.24) is 15.0 Å². The lowest BCUT2D eigenvalue weighted by Gasteiger charge is -2.10. The van der Waals surface area contributed by atoms with Crippen molar-refractivity contribution in [1.29, 1.82) is 0 Å². The van der Waals surface area contributed by atoms with Crippen LogP contribution in [0.15, 0.2) is 18.2 Å². The maximum absolute atomic E-state index is 11.8. The molecule has 0 atom stereocenters. The fraction of sp³-hybridized carbons (Fsp3) is 0.231.